The molecule has 0 aliphatic carbocycles. The van der Waals surface area contributed by atoms with Crippen molar-refractivity contribution < 1.29 is 9.13 Å². The highest BCUT2D eigenvalue weighted by molar-refractivity contribution is 5.37. The first-order chi connectivity index (χ1) is 15.8. The second-order valence-electron chi connectivity index (χ2n) is 9.00. The van der Waals surface area contributed by atoms with E-state index in [1.54, 1.807) is 13.2 Å². The summed E-state index contributed by atoms with van der Waals surface area (Å²) < 4.78 is 19.6. The van der Waals surface area contributed by atoms with Crippen molar-refractivity contribution in [2.75, 3.05) is 20.2 Å². The molecule has 2 unspecified atom stereocenters. The smallest absolute Gasteiger partial charge is 0.165 e. The lowest BCUT2D eigenvalue weighted by molar-refractivity contribution is 0.00461. The third kappa shape index (κ3) is 4.05. The molecule has 0 amide bonds. The van der Waals surface area contributed by atoms with Crippen molar-refractivity contribution in [1.29, 1.82) is 0 Å². The standard InChI is InChI=1S/C28H31FN2O/c1-32-28-23(13-8-14-24(28)29)19-30-26-22-15-17-31(18-16-22)27(26)25(20-9-4-2-5-10-20)21-11-6-3-7-12-21/h2-14,22,25-27,30H,15-19H2,1H3. The number of hydrogen-bond acceptors (Lipinski definition) is 3. The average molecular weight is 431 g/mol. The Kier molecular flexibility index (Phi) is 6.24. The Hall–Kier alpha value is -2.69. The maximum Gasteiger partial charge on any atom is 0.165 e. The van der Waals surface area contributed by atoms with Gasteiger partial charge in [-0.15, -0.1) is 0 Å². The third-order valence-corrected chi connectivity index (χ3v) is 7.31. The van der Waals surface area contributed by atoms with E-state index in [0.717, 1.165) is 18.7 Å². The fourth-order valence-corrected chi connectivity index (χ4v) is 5.84. The van der Waals surface area contributed by atoms with Gasteiger partial charge in [0.25, 0.3) is 0 Å². The molecule has 4 heteroatoms. The minimum absolute atomic E-state index is 0.285. The number of fused-ring (bicyclic) bond motifs is 3. The number of nitrogens with zero attached hydrogens (tertiary/aromatic N) is 1. The van der Waals surface area contributed by atoms with Crippen LogP contribution in [0.2, 0.25) is 0 Å². The minimum Gasteiger partial charge on any atom is -0.493 e. The molecule has 0 saturated carbocycles. The maximum absolute atomic E-state index is 14.3. The van der Waals surface area contributed by atoms with E-state index in [4.69, 9.17) is 4.74 Å². The minimum atomic E-state index is -0.302. The number of rotatable bonds is 7. The Bertz CT molecular complexity index is 979. The number of methoxy groups -OCH3 is 1. The van der Waals surface area contributed by atoms with Crippen LogP contribution < -0.4 is 10.1 Å². The summed E-state index contributed by atoms with van der Waals surface area (Å²) in [5.74, 6) is 0.955. The van der Waals surface area contributed by atoms with Gasteiger partial charge in [0.1, 0.15) is 0 Å². The van der Waals surface area contributed by atoms with Crippen LogP contribution in [0, 0.1) is 11.7 Å². The number of piperidine rings is 3. The molecule has 3 aliphatic rings. The summed E-state index contributed by atoms with van der Waals surface area (Å²) in [7, 11) is 1.54. The molecule has 1 N–H and O–H groups in total. The van der Waals surface area contributed by atoms with Crippen molar-refractivity contribution in [2.24, 2.45) is 5.92 Å². The monoisotopic (exact) mass is 430 g/mol. The maximum atomic E-state index is 14.3. The summed E-state index contributed by atoms with van der Waals surface area (Å²) >= 11 is 0. The zero-order chi connectivity index (χ0) is 21.9. The van der Waals surface area contributed by atoms with Crippen molar-refractivity contribution >= 4 is 0 Å². The molecule has 3 aromatic carbocycles. The normalized spacial score (nSPS) is 24.6. The lowest BCUT2D eigenvalue weighted by Gasteiger charge is -2.54. The molecule has 3 aromatic rings. The lowest BCUT2D eigenvalue weighted by Crippen LogP contribution is -2.64. The number of nitrogens with one attached hydrogen (secondary N) is 1. The molecule has 6 rings (SSSR count). The van der Waals surface area contributed by atoms with Crippen molar-refractivity contribution in [3.8, 4) is 5.75 Å². The highest BCUT2D eigenvalue weighted by Gasteiger charge is 2.46. The molecule has 3 aliphatic heterocycles. The van der Waals surface area contributed by atoms with Gasteiger partial charge in [0, 0.05) is 30.1 Å². The van der Waals surface area contributed by atoms with E-state index in [1.165, 1.54) is 30.0 Å². The molecule has 0 radical (unpaired) electrons. The number of hydrogen-bond donors (Lipinski definition) is 1. The fraction of sp³-hybridized carbons (Fsp3) is 0.357. The van der Waals surface area contributed by atoms with Crippen LogP contribution in [0.15, 0.2) is 78.9 Å². The van der Waals surface area contributed by atoms with Gasteiger partial charge in [-0.1, -0.05) is 72.8 Å². The van der Waals surface area contributed by atoms with E-state index >= 15 is 0 Å². The predicted molar refractivity (Wildman–Crippen MR) is 126 cm³/mol. The van der Waals surface area contributed by atoms with Crippen LogP contribution in [-0.4, -0.2) is 37.2 Å². The highest BCUT2D eigenvalue weighted by atomic mass is 19.1. The average Bonchev–Trinajstić information content (AvgIpc) is 2.85. The van der Waals surface area contributed by atoms with Crippen LogP contribution in [-0.2, 0) is 6.54 Å². The first kappa shape index (κ1) is 21.2. The number of para-hydroxylation sites is 1. The molecule has 3 heterocycles. The lowest BCUT2D eigenvalue weighted by atomic mass is 9.70. The van der Waals surface area contributed by atoms with Crippen molar-refractivity contribution in [3.63, 3.8) is 0 Å². The second kappa shape index (κ2) is 9.43. The van der Waals surface area contributed by atoms with Crippen LogP contribution >= 0.6 is 0 Å². The SMILES string of the molecule is COc1c(F)cccc1CNC1C2CCN(CC2)C1C(c1ccccc1)c1ccccc1. The molecular weight excluding hydrogens is 399 g/mol. The first-order valence-electron chi connectivity index (χ1n) is 11.6. The van der Waals surface area contributed by atoms with Crippen LogP contribution in [0.4, 0.5) is 4.39 Å². The summed E-state index contributed by atoms with van der Waals surface area (Å²) in [5.41, 5.74) is 3.58. The first-order valence-corrected chi connectivity index (χ1v) is 11.6. The molecule has 2 atom stereocenters. The summed E-state index contributed by atoms with van der Waals surface area (Å²) in [4.78, 5) is 2.67. The summed E-state index contributed by atoms with van der Waals surface area (Å²) in [6.45, 7) is 2.89. The Labute approximate surface area is 190 Å². The van der Waals surface area contributed by atoms with E-state index < -0.39 is 0 Å². The van der Waals surface area contributed by atoms with Gasteiger partial charge >= 0.3 is 0 Å². The third-order valence-electron chi connectivity index (χ3n) is 7.31. The Morgan fingerprint density at radius 2 is 1.53 bits per heavy atom. The topological polar surface area (TPSA) is 24.5 Å². The molecular formula is C28H31FN2O. The van der Waals surface area contributed by atoms with Crippen LogP contribution in [0.1, 0.15) is 35.4 Å². The molecule has 166 valence electrons. The summed E-state index contributed by atoms with van der Waals surface area (Å²) in [6, 6.07) is 27.6. The molecule has 32 heavy (non-hydrogen) atoms. The predicted octanol–water partition coefficient (Wildman–Crippen LogP) is 5.22. The van der Waals surface area contributed by atoms with E-state index in [0.29, 0.717) is 30.3 Å². The van der Waals surface area contributed by atoms with Crippen LogP contribution in [0.5, 0.6) is 5.75 Å². The van der Waals surface area contributed by atoms with Gasteiger partial charge in [0.2, 0.25) is 0 Å². The van der Waals surface area contributed by atoms with Gasteiger partial charge < -0.3 is 10.1 Å². The Morgan fingerprint density at radius 3 is 2.12 bits per heavy atom. The summed E-state index contributed by atoms with van der Waals surface area (Å²) in [5, 5.41) is 3.85. The van der Waals surface area contributed by atoms with Crippen molar-refractivity contribution in [3.05, 3.63) is 101 Å². The van der Waals surface area contributed by atoms with Gasteiger partial charge in [-0.3, -0.25) is 4.90 Å². The van der Waals surface area contributed by atoms with E-state index in [-0.39, 0.29) is 11.7 Å². The van der Waals surface area contributed by atoms with Gasteiger partial charge in [-0.05, 0) is 49.0 Å². The number of halogens is 1. The van der Waals surface area contributed by atoms with Gasteiger partial charge in [0.05, 0.1) is 7.11 Å². The van der Waals surface area contributed by atoms with E-state index in [1.807, 2.05) is 6.07 Å². The Balaban J connectivity index is 1.49. The van der Waals surface area contributed by atoms with Crippen molar-refractivity contribution in [1.82, 2.24) is 10.2 Å². The molecule has 3 nitrogen and oxygen atoms in total. The number of ether oxygens (including phenoxy) is 1. The van der Waals surface area contributed by atoms with Crippen LogP contribution in [0.3, 0.4) is 0 Å². The van der Waals surface area contributed by atoms with Gasteiger partial charge in [-0.25, -0.2) is 4.39 Å². The van der Waals surface area contributed by atoms with Gasteiger partial charge in [-0.2, -0.15) is 0 Å². The molecule has 3 fully saturated rings. The largest absolute Gasteiger partial charge is 0.493 e. The molecule has 2 bridgehead atoms. The summed E-state index contributed by atoms with van der Waals surface area (Å²) in [6.07, 6.45) is 2.43. The number of benzene rings is 3. The van der Waals surface area contributed by atoms with E-state index in [9.17, 15) is 4.39 Å². The molecule has 0 spiro atoms. The fourth-order valence-electron chi connectivity index (χ4n) is 5.84. The van der Waals surface area contributed by atoms with Crippen LogP contribution in [0.25, 0.3) is 0 Å². The quantitative estimate of drug-likeness (QED) is 0.556. The Morgan fingerprint density at radius 1 is 0.906 bits per heavy atom. The zero-order valence-corrected chi connectivity index (χ0v) is 18.6. The van der Waals surface area contributed by atoms with Gasteiger partial charge in [0.15, 0.2) is 11.6 Å². The molecule has 0 aromatic heterocycles. The highest BCUT2D eigenvalue weighted by Crippen LogP contribution is 2.42. The zero-order valence-electron chi connectivity index (χ0n) is 18.6. The second-order valence-corrected chi connectivity index (χ2v) is 9.00. The van der Waals surface area contributed by atoms with E-state index in [2.05, 4.69) is 70.9 Å². The molecule has 3 saturated heterocycles. The van der Waals surface area contributed by atoms with Crippen molar-refractivity contribution in [2.45, 2.75) is 37.4 Å².